The van der Waals surface area contributed by atoms with E-state index in [0.717, 1.165) is 71.5 Å². The summed E-state index contributed by atoms with van der Waals surface area (Å²) in [6.45, 7) is 4.48. The second kappa shape index (κ2) is 11.7. The molecule has 3 aromatic rings. The Bertz CT molecular complexity index is 1190. The first-order valence-electron chi connectivity index (χ1n) is 12.0. The van der Waals surface area contributed by atoms with Crippen molar-refractivity contribution in [1.82, 2.24) is 14.9 Å². The summed E-state index contributed by atoms with van der Waals surface area (Å²) in [5, 5.41) is 26.6. The zero-order valence-electron chi connectivity index (χ0n) is 21.0. The van der Waals surface area contributed by atoms with Gasteiger partial charge in [-0.1, -0.05) is 12.1 Å². The highest BCUT2D eigenvalue weighted by atomic mass is 16.5. The lowest BCUT2D eigenvalue weighted by molar-refractivity contribution is 0.189. The first-order valence-corrected chi connectivity index (χ1v) is 12.0. The molecule has 0 atom stereocenters. The fraction of sp³-hybridized carbons (Fsp3) is 0.346. The molecule has 10 nitrogen and oxygen atoms in total. The maximum atomic E-state index is 9.22. The number of piperazine rings is 1. The molecular weight excluding hydrogens is 456 g/mol. The summed E-state index contributed by atoms with van der Waals surface area (Å²) in [5.74, 6) is 1.36. The molecule has 5 N–H and O–H groups in total. The highest BCUT2D eigenvalue weighted by Gasteiger charge is 2.21. The van der Waals surface area contributed by atoms with Crippen molar-refractivity contribution in [3.05, 3.63) is 48.3 Å². The summed E-state index contributed by atoms with van der Waals surface area (Å²) in [7, 11) is 5.42. The molecular formula is C26H34N8O2. The number of β-amino-alcohol motifs (C(OH)–C–C–N with tert-alkyl or cyclic N) is 1. The quantitative estimate of drug-likeness (QED) is 0.273. The van der Waals surface area contributed by atoms with Crippen molar-refractivity contribution in [2.24, 2.45) is 0 Å². The number of hydrogen-bond donors (Lipinski definition) is 5. The van der Waals surface area contributed by atoms with E-state index in [2.05, 4.69) is 35.7 Å². The number of hydrogen-bond acceptors (Lipinski definition) is 10. The summed E-state index contributed by atoms with van der Waals surface area (Å²) in [4.78, 5) is 13.5. The number of nitrogens with one attached hydrogen (secondary N) is 4. The van der Waals surface area contributed by atoms with E-state index in [4.69, 9.17) is 10.1 Å². The number of aliphatic hydroxyl groups excluding tert-OH is 1. The Morgan fingerprint density at radius 2 is 1.78 bits per heavy atom. The molecule has 1 aliphatic heterocycles. The van der Waals surface area contributed by atoms with Crippen molar-refractivity contribution in [1.29, 1.82) is 5.41 Å². The molecule has 0 amide bonds. The van der Waals surface area contributed by atoms with Crippen LogP contribution in [0.2, 0.25) is 0 Å². The minimum atomic E-state index is 0.187. The van der Waals surface area contributed by atoms with Gasteiger partial charge < -0.3 is 36.1 Å². The van der Waals surface area contributed by atoms with E-state index in [1.54, 1.807) is 7.11 Å². The number of ether oxygens (including phenoxy) is 1. The molecule has 36 heavy (non-hydrogen) atoms. The number of anilines is 5. The largest absolute Gasteiger partial charge is 0.494 e. The monoisotopic (exact) mass is 490 g/mol. The molecule has 1 aromatic heterocycles. The van der Waals surface area contributed by atoms with Gasteiger partial charge in [0.25, 0.3) is 0 Å². The number of benzene rings is 2. The zero-order chi connectivity index (χ0) is 25.5. The first-order chi connectivity index (χ1) is 17.6. The topological polar surface area (TPSA) is 122 Å². The minimum Gasteiger partial charge on any atom is -0.494 e. The third-order valence-corrected chi connectivity index (χ3v) is 6.42. The second-order valence-corrected chi connectivity index (χ2v) is 8.48. The summed E-state index contributed by atoms with van der Waals surface area (Å²) in [6.07, 6.45) is 2.86. The van der Waals surface area contributed by atoms with E-state index in [0.29, 0.717) is 12.4 Å². The minimum absolute atomic E-state index is 0.187. The van der Waals surface area contributed by atoms with Crippen molar-refractivity contribution in [2.75, 3.05) is 81.4 Å². The molecule has 4 rings (SSSR count). The smallest absolute Gasteiger partial charge is 0.144 e. The number of methoxy groups -OCH3 is 1. The van der Waals surface area contributed by atoms with Crippen LogP contribution in [0.1, 0.15) is 5.56 Å². The van der Waals surface area contributed by atoms with E-state index in [9.17, 15) is 5.11 Å². The van der Waals surface area contributed by atoms with Gasteiger partial charge in [0.05, 0.1) is 36.5 Å². The van der Waals surface area contributed by atoms with Gasteiger partial charge in [-0.15, -0.1) is 0 Å². The lowest BCUT2D eigenvalue weighted by Crippen LogP contribution is -2.47. The van der Waals surface area contributed by atoms with Gasteiger partial charge >= 0.3 is 0 Å². The Morgan fingerprint density at radius 3 is 2.44 bits per heavy atom. The highest BCUT2D eigenvalue weighted by molar-refractivity contribution is 5.88. The molecule has 1 fully saturated rings. The molecule has 0 spiro atoms. The normalized spacial score (nSPS) is 13.8. The predicted octanol–water partition coefficient (Wildman–Crippen LogP) is 3.09. The molecule has 0 unspecified atom stereocenters. The third-order valence-electron chi connectivity index (χ3n) is 6.42. The zero-order valence-corrected chi connectivity index (χ0v) is 21.0. The fourth-order valence-electron chi connectivity index (χ4n) is 4.43. The van der Waals surface area contributed by atoms with Crippen LogP contribution >= 0.6 is 0 Å². The van der Waals surface area contributed by atoms with Gasteiger partial charge in [0.1, 0.15) is 17.9 Å². The van der Waals surface area contributed by atoms with Crippen LogP contribution in [0, 0.1) is 5.41 Å². The first kappa shape index (κ1) is 25.2. The van der Waals surface area contributed by atoms with Gasteiger partial charge in [-0.2, -0.15) is 0 Å². The molecule has 190 valence electrons. The lowest BCUT2D eigenvalue weighted by atomic mass is 10.1. The maximum Gasteiger partial charge on any atom is 0.144 e. The SMILES string of the molecule is CNc1cc(-c2cc(Nc3cc(NC)c(N4CCN(CCO)CC4)cc3OC)ncn2)ccc1C=N. The van der Waals surface area contributed by atoms with Crippen LogP contribution in [0.3, 0.4) is 0 Å². The Hall–Kier alpha value is -3.89. The summed E-state index contributed by atoms with van der Waals surface area (Å²) in [6, 6.07) is 11.8. The number of nitrogens with zero attached hydrogens (tertiary/aromatic N) is 4. The molecule has 10 heteroatoms. The average Bonchev–Trinajstić information content (AvgIpc) is 2.93. The van der Waals surface area contributed by atoms with Gasteiger partial charge in [-0.05, 0) is 12.1 Å². The summed E-state index contributed by atoms with van der Waals surface area (Å²) < 4.78 is 5.75. The van der Waals surface area contributed by atoms with E-state index < -0.39 is 0 Å². The Kier molecular flexibility index (Phi) is 8.19. The average molecular weight is 491 g/mol. The standard InChI is InChI=1S/C26H34N8O2/c1-28-20-12-18(4-5-19(20)16-27)21-14-26(31-17-30-21)32-23-13-22(29-2)24(15-25(23)36-3)34-8-6-33(7-9-34)10-11-35/h4-5,12-17,27-29,35H,6-11H2,1-3H3,(H,30,31,32). The molecule has 1 saturated heterocycles. The van der Waals surface area contributed by atoms with Crippen molar-refractivity contribution >= 4 is 34.8 Å². The van der Waals surface area contributed by atoms with Gasteiger partial charge in [0, 0.05) is 82.0 Å². The Morgan fingerprint density at radius 1 is 1.00 bits per heavy atom. The molecule has 0 aliphatic carbocycles. The van der Waals surface area contributed by atoms with E-state index >= 15 is 0 Å². The van der Waals surface area contributed by atoms with Gasteiger partial charge in [0.2, 0.25) is 0 Å². The number of aliphatic hydroxyl groups is 1. The van der Waals surface area contributed by atoms with Crippen LogP contribution in [-0.2, 0) is 0 Å². The van der Waals surface area contributed by atoms with Gasteiger partial charge in [0.15, 0.2) is 0 Å². The van der Waals surface area contributed by atoms with E-state index in [1.807, 2.05) is 50.5 Å². The van der Waals surface area contributed by atoms with Gasteiger partial charge in [-0.25, -0.2) is 9.97 Å². The summed E-state index contributed by atoms with van der Waals surface area (Å²) >= 11 is 0. The fourth-order valence-corrected chi connectivity index (χ4v) is 4.43. The highest BCUT2D eigenvalue weighted by Crippen LogP contribution is 2.38. The third kappa shape index (κ3) is 5.50. The van der Waals surface area contributed by atoms with E-state index in [1.165, 1.54) is 12.5 Å². The van der Waals surface area contributed by atoms with Crippen molar-refractivity contribution < 1.29 is 9.84 Å². The Balaban J connectivity index is 1.59. The van der Waals surface area contributed by atoms with Crippen LogP contribution in [0.25, 0.3) is 11.3 Å². The van der Waals surface area contributed by atoms with E-state index in [-0.39, 0.29) is 6.61 Å². The van der Waals surface area contributed by atoms with Crippen LogP contribution in [0.5, 0.6) is 5.75 Å². The predicted molar refractivity (Wildman–Crippen MR) is 146 cm³/mol. The number of rotatable bonds is 10. The van der Waals surface area contributed by atoms with Crippen LogP contribution < -0.4 is 25.6 Å². The number of aromatic nitrogens is 2. The Labute approximate surface area is 211 Å². The van der Waals surface area contributed by atoms with Crippen molar-refractivity contribution in [2.45, 2.75) is 0 Å². The molecule has 2 aromatic carbocycles. The van der Waals surface area contributed by atoms with Crippen LogP contribution in [0.4, 0.5) is 28.6 Å². The molecule has 0 bridgehead atoms. The van der Waals surface area contributed by atoms with Crippen molar-refractivity contribution in [3.63, 3.8) is 0 Å². The maximum absolute atomic E-state index is 9.22. The summed E-state index contributed by atoms with van der Waals surface area (Å²) in [5.41, 5.74) is 6.24. The molecule has 0 saturated carbocycles. The molecule has 1 aliphatic rings. The lowest BCUT2D eigenvalue weighted by Gasteiger charge is -2.37. The second-order valence-electron chi connectivity index (χ2n) is 8.48. The molecule has 0 radical (unpaired) electrons. The van der Waals surface area contributed by atoms with Gasteiger partial charge in [-0.3, -0.25) is 4.90 Å². The molecule has 2 heterocycles. The van der Waals surface area contributed by atoms with Crippen molar-refractivity contribution in [3.8, 4) is 17.0 Å². The van der Waals surface area contributed by atoms with Crippen LogP contribution in [-0.4, -0.2) is 86.7 Å². The van der Waals surface area contributed by atoms with Crippen LogP contribution in [0.15, 0.2) is 42.7 Å².